The van der Waals surface area contributed by atoms with E-state index in [1.807, 2.05) is 0 Å². The van der Waals surface area contributed by atoms with Crippen LogP contribution in [-0.2, 0) is 30.7 Å². The number of nitrogens with one attached hydrogen (secondary N) is 2. The molecule has 0 spiro atoms. The van der Waals surface area contributed by atoms with Crippen LogP contribution < -0.4 is 10.6 Å². The second-order valence-electron chi connectivity index (χ2n) is 10.4. The molecule has 1 atom stereocenters. The lowest BCUT2D eigenvalue weighted by molar-refractivity contribution is -0.121. The van der Waals surface area contributed by atoms with Crippen LogP contribution in [0, 0.1) is 5.92 Å². The van der Waals surface area contributed by atoms with Gasteiger partial charge < -0.3 is 15.4 Å². The molecule has 1 aliphatic carbocycles. The van der Waals surface area contributed by atoms with Crippen LogP contribution in [0.5, 0.6) is 0 Å². The number of rotatable bonds is 12. The first-order valence-electron chi connectivity index (χ1n) is 13.6. The van der Waals surface area contributed by atoms with E-state index in [1.54, 1.807) is 29.1 Å². The van der Waals surface area contributed by atoms with Crippen LogP contribution >= 0.6 is 11.6 Å². The zero-order chi connectivity index (χ0) is 27.8. The fourth-order valence-electron chi connectivity index (χ4n) is 5.26. The van der Waals surface area contributed by atoms with E-state index in [0.717, 1.165) is 64.8 Å². The number of nitrogens with zero attached hydrogens (tertiary/aromatic N) is 3. The molecule has 2 aliphatic rings. The minimum atomic E-state index is -3.47. The van der Waals surface area contributed by atoms with E-state index in [1.165, 1.54) is 6.07 Å². The molecule has 1 aromatic heterocycles. The van der Waals surface area contributed by atoms with Crippen molar-refractivity contribution in [3.8, 4) is 0 Å². The Morgan fingerprint density at radius 2 is 1.90 bits per heavy atom. The normalized spacial score (nSPS) is 17.7. The third-order valence-electron chi connectivity index (χ3n) is 7.43. The number of aryl methyl sites for hydroxylation is 1. The molecule has 2 fully saturated rings. The Kier molecular flexibility index (Phi) is 10.4. The Hall–Kier alpha value is -2.47. The summed E-state index contributed by atoms with van der Waals surface area (Å²) in [5, 5.41) is 10.4. The number of aromatic nitrogens is 2. The lowest BCUT2D eigenvalue weighted by Crippen LogP contribution is -2.41. The molecule has 214 valence electrons. The Labute approximate surface area is 235 Å². The number of anilines is 1. The van der Waals surface area contributed by atoms with Gasteiger partial charge in [-0.05, 0) is 30.0 Å². The van der Waals surface area contributed by atoms with Gasteiger partial charge in [-0.3, -0.25) is 19.2 Å². The predicted molar refractivity (Wildman–Crippen MR) is 150 cm³/mol. The molecule has 0 radical (unpaired) electrons. The van der Waals surface area contributed by atoms with Crippen LogP contribution in [0.1, 0.15) is 50.0 Å². The second-order valence-corrected chi connectivity index (χ2v) is 12.8. The number of carbonyl (C=O) groups is 2. The monoisotopic (exact) mass is 579 g/mol. The highest BCUT2D eigenvalue weighted by Crippen LogP contribution is 2.36. The lowest BCUT2D eigenvalue weighted by Gasteiger charge is -2.26. The standard InChI is InChI=1S/C27H38ClN5O5S/c1-39(36,37)24-7-6-21(19-23(24)28)22(18-20-4-2-3-5-20)27(35)30-25-8-11-33(31-25)12-9-26(34)29-10-13-32-14-16-38-17-15-32/h6-8,11,19-20,22H,2-5,9-10,12-18H2,1H3,(H,29,34)(H,30,31,35). The van der Waals surface area contributed by atoms with Crippen LogP contribution in [0.25, 0.3) is 0 Å². The van der Waals surface area contributed by atoms with Gasteiger partial charge >= 0.3 is 0 Å². The third kappa shape index (κ3) is 8.76. The topological polar surface area (TPSA) is 123 Å². The van der Waals surface area contributed by atoms with Gasteiger partial charge in [-0.1, -0.05) is 43.4 Å². The van der Waals surface area contributed by atoms with Crippen molar-refractivity contribution in [3.63, 3.8) is 0 Å². The first kappa shape index (κ1) is 29.5. The Bertz CT molecular complexity index is 1240. The van der Waals surface area contributed by atoms with Crippen LogP contribution in [0.2, 0.25) is 5.02 Å². The summed E-state index contributed by atoms with van der Waals surface area (Å²) in [7, 11) is -3.47. The summed E-state index contributed by atoms with van der Waals surface area (Å²) in [5.41, 5.74) is 0.685. The molecule has 2 heterocycles. The summed E-state index contributed by atoms with van der Waals surface area (Å²) in [4.78, 5) is 28.0. The fourth-order valence-corrected chi connectivity index (χ4v) is 6.60. The number of halogens is 1. The first-order valence-corrected chi connectivity index (χ1v) is 15.9. The number of amides is 2. The van der Waals surface area contributed by atoms with Gasteiger partial charge in [0.05, 0.1) is 29.0 Å². The molecule has 1 aromatic carbocycles. The maximum atomic E-state index is 13.4. The van der Waals surface area contributed by atoms with Gasteiger partial charge in [-0.2, -0.15) is 5.10 Å². The predicted octanol–water partition coefficient (Wildman–Crippen LogP) is 3.08. The van der Waals surface area contributed by atoms with E-state index in [-0.39, 0.29) is 28.2 Å². The molecule has 2 N–H and O–H groups in total. The van der Waals surface area contributed by atoms with Crippen molar-refractivity contribution in [1.82, 2.24) is 20.0 Å². The molecular formula is C27H38ClN5O5S. The number of sulfone groups is 1. The highest BCUT2D eigenvalue weighted by molar-refractivity contribution is 7.90. The minimum Gasteiger partial charge on any atom is -0.379 e. The maximum absolute atomic E-state index is 13.4. The van der Waals surface area contributed by atoms with Crippen molar-refractivity contribution in [1.29, 1.82) is 0 Å². The molecular weight excluding hydrogens is 542 g/mol. The summed E-state index contributed by atoms with van der Waals surface area (Å²) in [5.74, 6) is 0.0876. The molecule has 1 unspecified atom stereocenters. The number of benzene rings is 1. The summed E-state index contributed by atoms with van der Waals surface area (Å²) < 4.78 is 31.0. The zero-order valence-electron chi connectivity index (χ0n) is 22.4. The van der Waals surface area contributed by atoms with Crippen molar-refractivity contribution in [2.45, 2.75) is 55.9 Å². The lowest BCUT2D eigenvalue weighted by atomic mass is 9.87. The Morgan fingerprint density at radius 3 is 2.59 bits per heavy atom. The van der Waals surface area contributed by atoms with Crippen LogP contribution in [0.3, 0.4) is 0 Å². The summed E-state index contributed by atoms with van der Waals surface area (Å²) >= 11 is 6.31. The average molecular weight is 580 g/mol. The molecule has 1 saturated heterocycles. The van der Waals surface area contributed by atoms with Crippen molar-refractivity contribution in [2.75, 3.05) is 51.0 Å². The van der Waals surface area contributed by atoms with Gasteiger partial charge in [0, 0.05) is 57.7 Å². The molecule has 1 aliphatic heterocycles. The van der Waals surface area contributed by atoms with E-state index >= 15 is 0 Å². The van der Waals surface area contributed by atoms with Crippen molar-refractivity contribution >= 4 is 39.1 Å². The number of morpholine rings is 1. The quantitative estimate of drug-likeness (QED) is 0.396. The smallest absolute Gasteiger partial charge is 0.233 e. The van der Waals surface area contributed by atoms with Crippen molar-refractivity contribution in [3.05, 3.63) is 41.0 Å². The van der Waals surface area contributed by atoms with E-state index in [4.69, 9.17) is 16.3 Å². The summed E-state index contributed by atoms with van der Waals surface area (Å²) in [6, 6.07) is 6.45. The molecule has 1 saturated carbocycles. The number of hydrogen-bond acceptors (Lipinski definition) is 7. The fraction of sp³-hybridized carbons (Fsp3) is 0.593. The molecule has 10 nitrogen and oxygen atoms in total. The summed E-state index contributed by atoms with van der Waals surface area (Å²) in [6.45, 7) is 5.03. The molecule has 2 amide bonds. The first-order chi connectivity index (χ1) is 18.7. The Morgan fingerprint density at radius 1 is 1.15 bits per heavy atom. The third-order valence-corrected chi connectivity index (χ3v) is 9.01. The SMILES string of the molecule is CS(=O)(=O)c1ccc(C(CC2CCCC2)C(=O)Nc2ccn(CCC(=O)NCCN3CCOCC3)n2)cc1Cl. The van der Waals surface area contributed by atoms with E-state index < -0.39 is 15.8 Å². The Balaban J connectivity index is 1.33. The van der Waals surface area contributed by atoms with E-state index in [9.17, 15) is 18.0 Å². The minimum absolute atomic E-state index is 0.0459. The summed E-state index contributed by atoms with van der Waals surface area (Å²) in [6.07, 6.45) is 8.24. The number of ether oxygens (including phenoxy) is 1. The van der Waals surface area contributed by atoms with Gasteiger partial charge in [-0.25, -0.2) is 8.42 Å². The van der Waals surface area contributed by atoms with Crippen molar-refractivity contribution in [2.24, 2.45) is 5.92 Å². The van der Waals surface area contributed by atoms with Gasteiger partial charge in [0.1, 0.15) is 0 Å². The van der Waals surface area contributed by atoms with Crippen LogP contribution in [0.15, 0.2) is 35.4 Å². The van der Waals surface area contributed by atoms with Crippen LogP contribution in [-0.4, -0.2) is 80.6 Å². The highest BCUT2D eigenvalue weighted by Gasteiger charge is 2.28. The van der Waals surface area contributed by atoms with Crippen molar-refractivity contribution < 1.29 is 22.7 Å². The van der Waals surface area contributed by atoms with E-state index in [2.05, 4.69) is 20.6 Å². The maximum Gasteiger partial charge on any atom is 0.233 e. The molecule has 0 bridgehead atoms. The highest BCUT2D eigenvalue weighted by atomic mass is 35.5. The molecule has 12 heteroatoms. The van der Waals surface area contributed by atoms with E-state index in [0.29, 0.717) is 36.8 Å². The largest absolute Gasteiger partial charge is 0.379 e. The average Bonchev–Trinajstić information content (AvgIpc) is 3.58. The van der Waals surface area contributed by atoms with Gasteiger partial charge in [0.15, 0.2) is 15.7 Å². The van der Waals surface area contributed by atoms with Gasteiger partial charge in [-0.15, -0.1) is 0 Å². The molecule has 39 heavy (non-hydrogen) atoms. The van der Waals surface area contributed by atoms with Gasteiger partial charge in [0.25, 0.3) is 0 Å². The molecule has 2 aromatic rings. The van der Waals surface area contributed by atoms with Gasteiger partial charge in [0.2, 0.25) is 11.8 Å². The molecule has 4 rings (SSSR count). The number of carbonyl (C=O) groups excluding carboxylic acids is 2. The second kappa shape index (κ2) is 13.7. The zero-order valence-corrected chi connectivity index (χ0v) is 24.0. The number of hydrogen-bond donors (Lipinski definition) is 2. The van der Waals surface area contributed by atoms with Crippen LogP contribution in [0.4, 0.5) is 5.82 Å².